The summed E-state index contributed by atoms with van der Waals surface area (Å²) in [6.45, 7) is 0.864. The van der Waals surface area contributed by atoms with Crippen molar-refractivity contribution in [3.63, 3.8) is 0 Å². The zero-order chi connectivity index (χ0) is 27.9. The monoisotopic (exact) mass is 559 g/mol. The summed E-state index contributed by atoms with van der Waals surface area (Å²) in [7, 11) is 0. The van der Waals surface area contributed by atoms with Gasteiger partial charge in [0.15, 0.2) is 0 Å². The fraction of sp³-hybridized carbons (Fsp3) is 0.424. The van der Waals surface area contributed by atoms with E-state index in [1.54, 1.807) is 6.21 Å². The molecule has 0 radical (unpaired) electrons. The third-order valence-electron chi connectivity index (χ3n) is 8.55. The molecule has 1 atom stereocenters. The maximum absolute atomic E-state index is 13.6. The summed E-state index contributed by atoms with van der Waals surface area (Å²) in [4.78, 5) is 28.2. The molecule has 3 aromatic carbocycles. The zero-order valence-electron chi connectivity index (χ0n) is 22.9. The van der Waals surface area contributed by atoms with Gasteiger partial charge in [0.25, 0.3) is 5.91 Å². The lowest BCUT2D eigenvalue weighted by atomic mass is 9.84. The highest BCUT2D eigenvalue weighted by Gasteiger charge is 2.28. The highest BCUT2D eigenvalue weighted by atomic mass is 35.5. The minimum atomic E-state index is -0.427. The molecule has 210 valence electrons. The number of piperidine rings is 1. The van der Waals surface area contributed by atoms with Crippen LogP contribution in [0.25, 0.3) is 10.8 Å². The molecule has 6 nitrogen and oxygen atoms in total. The number of halogens is 1. The number of phenolic OH excluding ortho intramolecular Hbond substituents is 1. The standard InChI is InChI=1S/C33H38ClN3O3/c34-30-20-25(16-18-31(30)38)33(40)36-35-22-26-15-14-24(28-11-4-5-12-29(26)28)21-32(39)37-19-7-6-10-27(37)17-13-23-8-2-1-3-9-23/h4-5,11-12,14-16,18,20,22-23,27,38H,1-3,6-10,13,17,19,21H2,(H,36,40). The summed E-state index contributed by atoms with van der Waals surface area (Å²) in [5.74, 6) is 0.556. The molecule has 3 aromatic rings. The quantitative estimate of drug-likeness (QED) is 0.225. The van der Waals surface area contributed by atoms with Gasteiger partial charge in [-0.15, -0.1) is 0 Å². The van der Waals surface area contributed by atoms with E-state index in [-0.39, 0.29) is 16.7 Å². The fourth-order valence-corrected chi connectivity index (χ4v) is 6.50. The van der Waals surface area contributed by atoms with E-state index in [0.29, 0.717) is 18.0 Å². The van der Waals surface area contributed by atoms with Crippen LogP contribution in [0.4, 0.5) is 0 Å². The topological polar surface area (TPSA) is 82.0 Å². The van der Waals surface area contributed by atoms with Crippen molar-refractivity contribution in [2.75, 3.05) is 6.54 Å². The van der Waals surface area contributed by atoms with E-state index in [9.17, 15) is 14.7 Å². The number of phenols is 1. The number of amides is 2. The van der Waals surface area contributed by atoms with Crippen LogP contribution in [0.2, 0.25) is 5.02 Å². The van der Waals surface area contributed by atoms with E-state index in [0.717, 1.165) is 53.6 Å². The molecule has 1 saturated heterocycles. The smallest absolute Gasteiger partial charge is 0.271 e. The van der Waals surface area contributed by atoms with Gasteiger partial charge >= 0.3 is 0 Å². The summed E-state index contributed by atoms with van der Waals surface area (Å²) in [6.07, 6.45) is 14.6. The highest BCUT2D eigenvalue weighted by molar-refractivity contribution is 6.32. The van der Waals surface area contributed by atoms with Gasteiger partial charge in [0.1, 0.15) is 5.75 Å². The number of benzene rings is 3. The Morgan fingerprint density at radius 2 is 1.73 bits per heavy atom. The molecule has 5 rings (SSSR count). The predicted molar refractivity (Wildman–Crippen MR) is 161 cm³/mol. The van der Waals surface area contributed by atoms with Crippen molar-refractivity contribution >= 4 is 40.4 Å². The second-order valence-electron chi connectivity index (χ2n) is 11.2. The summed E-state index contributed by atoms with van der Waals surface area (Å²) < 4.78 is 0. The van der Waals surface area contributed by atoms with Crippen LogP contribution in [-0.4, -0.2) is 40.6 Å². The number of carbonyl (C=O) groups excluding carboxylic acids is 2. The van der Waals surface area contributed by atoms with Crippen LogP contribution < -0.4 is 5.43 Å². The molecule has 1 saturated carbocycles. The largest absolute Gasteiger partial charge is 0.506 e. The molecule has 1 aliphatic heterocycles. The Hall–Kier alpha value is -3.38. The van der Waals surface area contributed by atoms with Gasteiger partial charge in [-0.25, -0.2) is 5.43 Å². The Labute approximate surface area is 241 Å². The molecule has 0 spiro atoms. The van der Waals surface area contributed by atoms with Crippen LogP contribution in [0.1, 0.15) is 85.7 Å². The molecular weight excluding hydrogens is 522 g/mol. The van der Waals surface area contributed by atoms with Crippen LogP contribution in [-0.2, 0) is 11.2 Å². The van der Waals surface area contributed by atoms with Crippen molar-refractivity contribution in [2.24, 2.45) is 11.0 Å². The lowest BCUT2D eigenvalue weighted by Crippen LogP contribution is -2.44. The molecule has 2 amide bonds. The summed E-state index contributed by atoms with van der Waals surface area (Å²) in [6, 6.07) is 16.6. The molecular formula is C33H38ClN3O3. The highest BCUT2D eigenvalue weighted by Crippen LogP contribution is 2.31. The van der Waals surface area contributed by atoms with Crippen molar-refractivity contribution in [3.8, 4) is 5.75 Å². The maximum atomic E-state index is 13.6. The van der Waals surface area contributed by atoms with Crippen LogP contribution in [0.3, 0.4) is 0 Å². The Morgan fingerprint density at radius 3 is 2.52 bits per heavy atom. The third kappa shape index (κ3) is 6.84. The van der Waals surface area contributed by atoms with E-state index in [2.05, 4.69) is 15.4 Å². The van der Waals surface area contributed by atoms with E-state index < -0.39 is 5.91 Å². The predicted octanol–water partition coefficient (Wildman–Crippen LogP) is 7.25. The molecule has 0 aromatic heterocycles. The lowest BCUT2D eigenvalue weighted by Gasteiger charge is -2.37. The Morgan fingerprint density at radius 1 is 0.950 bits per heavy atom. The normalized spacial score (nSPS) is 18.3. The summed E-state index contributed by atoms with van der Waals surface area (Å²) >= 11 is 5.91. The van der Waals surface area contributed by atoms with E-state index in [4.69, 9.17) is 11.6 Å². The van der Waals surface area contributed by atoms with Crippen molar-refractivity contribution in [3.05, 3.63) is 76.3 Å². The van der Waals surface area contributed by atoms with Gasteiger partial charge in [-0.3, -0.25) is 9.59 Å². The first-order chi connectivity index (χ1) is 19.5. The van der Waals surface area contributed by atoms with Crippen LogP contribution in [0.15, 0.2) is 59.7 Å². The van der Waals surface area contributed by atoms with E-state index >= 15 is 0 Å². The number of rotatable bonds is 8. The van der Waals surface area contributed by atoms with Crippen LogP contribution >= 0.6 is 11.6 Å². The summed E-state index contributed by atoms with van der Waals surface area (Å²) in [5.41, 5.74) is 4.68. The molecule has 2 fully saturated rings. The van der Waals surface area contributed by atoms with E-state index in [1.165, 1.54) is 63.1 Å². The maximum Gasteiger partial charge on any atom is 0.271 e. The number of hydrogen-bond donors (Lipinski definition) is 2. The molecule has 0 bridgehead atoms. The first kappa shape index (κ1) is 28.2. The van der Waals surface area contributed by atoms with Crippen molar-refractivity contribution < 1.29 is 14.7 Å². The number of carbonyl (C=O) groups is 2. The van der Waals surface area contributed by atoms with Gasteiger partial charge in [-0.2, -0.15) is 5.10 Å². The summed E-state index contributed by atoms with van der Waals surface area (Å²) in [5, 5.41) is 15.8. The van der Waals surface area contributed by atoms with Crippen molar-refractivity contribution in [2.45, 2.75) is 76.7 Å². The van der Waals surface area contributed by atoms with Crippen molar-refractivity contribution in [1.29, 1.82) is 0 Å². The Kier molecular flexibility index (Phi) is 9.38. The third-order valence-corrected chi connectivity index (χ3v) is 8.85. The molecule has 2 N–H and O–H groups in total. The van der Waals surface area contributed by atoms with Crippen LogP contribution in [0, 0.1) is 5.92 Å². The average Bonchev–Trinajstić information content (AvgIpc) is 2.99. The average molecular weight is 560 g/mol. The molecule has 1 unspecified atom stereocenters. The van der Waals surface area contributed by atoms with Gasteiger partial charge in [-0.1, -0.05) is 80.1 Å². The van der Waals surface area contributed by atoms with Gasteiger partial charge < -0.3 is 10.0 Å². The lowest BCUT2D eigenvalue weighted by molar-refractivity contribution is -0.134. The number of nitrogens with zero attached hydrogens (tertiary/aromatic N) is 2. The van der Waals surface area contributed by atoms with Crippen molar-refractivity contribution in [1.82, 2.24) is 10.3 Å². The number of nitrogens with one attached hydrogen (secondary N) is 1. The molecule has 1 aliphatic carbocycles. The zero-order valence-corrected chi connectivity index (χ0v) is 23.7. The van der Waals surface area contributed by atoms with Gasteiger partial charge in [0, 0.05) is 23.7 Å². The molecule has 7 heteroatoms. The number of hydrazone groups is 1. The molecule has 1 heterocycles. The first-order valence-corrected chi connectivity index (χ1v) is 15.0. The Bertz CT molecular complexity index is 1380. The number of hydrogen-bond acceptors (Lipinski definition) is 4. The SMILES string of the molecule is O=C(NN=Cc1ccc(CC(=O)N2CCCCC2CCC2CCCCC2)c2ccccc12)c1ccc(O)c(Cl)c1. The van der Waals surface area contributed by atoms with Gasteiger partial charge in [-0.05, 0) is 72.6 Å². The second-order valence-corrected chi connectivity index (χ2v) is 11.6. The number of aromatic hydroxyl groups is 1. The minimum absolute atomic E-state index is 0.0815. The van der Waals surface area contributed by atoms with Gasteiger partial charge in [0.2, 0.25) is 5.91 Å². The minimum Gasteiger partial charge on any atom is -0.506 e. The number of fused-ring (bicyclic) bond motifs is 1. The first-order valence-electron chi connectivity index (χ1n) is 14.6. The number of likely N-dealkylation sites (tertiary alicyclic amines) is 1. The van der Waals surface area contributed by atoms with Gasteiger partial charge in [0.05, 0.1) is 17.7 Å². The molecule has 40 heavy (non-hydrogen) atoms. The van der Waals surface area contributed by atoms with E-state index in [1.807, 2.05) is 36.4 Å². The molecule has 2 aliphatic rings. The van der Waals surface area contributed by atoms with Crippen LogP contribution in [0.5, 0.6) is 5.75 Å². The fourth-order valence-electron chi connectivity index (χ4n) is 6.32. The Balaban J connectivity index is 1.26. The second kappa shape index (κ2) is 13.3.